The van der Waals surface area contributed by atoms with Crippen LogP contribution in [0.4, 0.5) is 0 Å². The number of primary amides is 1. The van der Waals surface area contributed by atoms with Gasteiger partial charge in [-0.2, -0.15) is 0 Å². The molecule has 0 aliphatic heterocycles. The van der Waals surface area contributed by atoms with Crippen LogP contribution in [-0.4, -0.2) is 22.9 Å². The maximum absolute atomic E-state index is 12.5. The van der Waals surface area contributed by atoms with E-state index in [0.29, 0.717) is 17.8 Å². The molecule has 0 bridgehead atoms. The van der Waals surface area contributed by atoms with Gasteiger partial charge in [0, 0.05) is 11.8 Å². The Morgan fingerprint density at radius 2 is 1.92 bits per heavy atom. The lowest BCUT2D eigenvalue weighted by Crippen LogP contribution is -2.51. The molecule has 144 valence electrons. The third-order valence-corrected chi connectivity index (χ3v) is 8.94. The summed E-state index contributed by atoms with van der Waals surface area (Å²) in [5.41, 5.74) is 7.26. The van der Waals surface area contributed by atoms with Crippen LogP contribution in [0, 0.1) is 40.4 Å². The van der Waals surface area contributed by atoms with Crippen molar-refractivity contribution in [3.8, 4) is 0 Å². The summed E-state index contributed by atoms with van der Waals surface area (Å²) < 4.78 is 0. The van der Waals surface area contributed by atoms with Crippen molar-refractivity contribution in [3.63, 3.8) is 0 Å². The molecule has 3 fully saturated rings. The second-order valence-corrected chi connectivity index (χ2v) is 10.0. The van der Waals surface area contributed by atoms with Crippen molar-refractivity contribution in [2.24, 2.45) is 46.2 Å². The molecule has 4 nitrogen and oxygen atoms in total. The van der Waals surface area contributed by atoms with Gasteiger partial charge in [-0.3, -0.25) is 9.59 Å². The van der Waals surface area contributed by atoms with Crippen molar-refractivity contribution >= 4 is 11.7 Å². The number of hydrogen-bond donors (Lipinski definition) is 2. The number of allylic oxidation sites excluding steroid dienone is 1. The molecule has 0 aromatic rings. The number of carbonyl (C=O) groups is 2. The van der Waals surface area contributed by atoms with Gasteiger partial charge in [0.2, 0.25) is 5.91 Å². The van der Waals surface area contributed by atoms with Crippen molar-refractivity contribution < 1.29 is 14.7 Å². The largest absolute Gasteiger partial charge is 0.393 e. The summed E-state index contributed by atoms with van der Waals surface area (Å²) >= 11 is 0. The Labute approximate surface area is 156 Å². The Kier molecular flexibility index (Phi) is 4.15. The molecule has 0 saturated heterocycles. The lowest BCUT2D eigenvalue weighted by atomic mass is 9.47. The molecule has 26 heavy (non-hydrogen) atoms. The van der Waals surface area contributed by atoms with Crippen molar-refractivity contribution in [1.82, 2.24) is 0 Å². The molecule has 3 N–H and O–H groups in total. The zero-order valence-electron chi connectivity index (χ0n) is 16.3. The van der Waals surface area contributed by atoms with E-state index in [-0.39, 0.29) is 40.5 Å². The van der Waals surface area contributed by atoms with Crippen molar-refractivity contribution in [1.29, 1.82) is 0 Å². The lowest BCUT2D eigenvalue weighted by Gasteiger charge is -2.57. The van der Waals surface area contributed by atoms with E-state index in [1.54, 1.807) is 6.92 Å². The molecular weight excluding hydrogens is 326 g/mol. The molecule has 4 heteroatoms. The minimum absolute atomic E-state index is 0.0947. The standard InChI is InChI=1S/C22H33NO3/c1-12(24)19-16(20(23)26)11-18-15-5-4-13-10-14(25)6-8-21(13,2)17(15)7-9-22(18,19)3/h4,14-19,25H,5-11H2,1-3H3,(H2,23,26)/t14-,15+,16+,17-,18-,19-,21-,22-/m0/s1. The molecule has 0 spiro atoms. The highest BCUT2D eigenvalue weighted by Crippen LogP contribution is 2.67. The Morgan fingerprint density at radius 1 is 1.19 bits per heavy atom. The minimum atomic E-state index is -0.299. The van der Waals surface area contributed by atoms with Crippen LogP contribution in [0.15, 0.2) is 11.6 Å². The van der Waals surface area contributed by atoms with Gasteiger partial charge in [-0.05, 0) is 80.5 Å². The van der Waals surface area contributed by atoms with Crippen LogP contribution in [0.5, 0.6) is 0 Å². The third kappa shape index (κ3) is 2.37. The second kappa shape index (κ2) is 5.92. The first kappa shape index (κ1) is 18.2. The Hall–Kier alpha value is -1.16. The van der Waals surface area contributed by atoms with Gasteiger partial charge in [0.05, 0.1) is 6.10 Å². The summed E-state index contributed by atoms with van der Waals surface area (Å²) in [6.45, 7) is 6.28. The predicted octanol–water partition coefficient (Wildman–Crippen LogP) is 3.23. The fourth-order valence-corrected chi connectivity index (χ4v) is 7.72. The van der Waals surface area contributed by atoms with Crippen molar-refractivity contribution in [2.75, 3.05) is 0 Å². The molecule has 1 amide bonds. The van der Waals surface area contributed by atoms with Gasteiger partial charge in [-0.25, -0.2) is 0 Å². The number of aliphatic hydroxyl groups is 1. The van der Waals surface area contributed by atoms with E-state index in [1.807, 2.05) is 0 Å². The normalized spacial score (nSPS) is 50.2. The lowest BCUT2D eigenvalue weighted by molar-refractivity contribution is -0.134. The minimum Gasteiger partial charge on any atom is -0.393 e. The summed E-state index contributed by atoms with van der Waals surface area (Å²) in [4.78, 5) is 24.6. The third-order valence-electron chi connectivity index (χ3n) is 8.94. The molecule has 0 aromatic heterocycles. The van der Waals surface area contributed by atoms with E-state index in [1.165, 1.54) is 5.57 Å². The van der Waals surface area contributed by atoms with E-state index < -0.39 is 0 Å². The van der Waals surface area contributed by atoms with Crippen LogP contribution >= 0.6 is 0 Å². The maximum Gasteiger partial charge on any atom is 0.221 e. The van der Waals surface area contributed by atoms with E-state index in [9.17, 15) is 14.7 Å². The number of nitrogens with two attached hydrogens (primary N) is 1. The summed E-state index contributed by atoms with van der Waals surface area (Å²) in [6, 6.07) is 0. The monoisotopic (exact) mass is 359 g/mol. The van der Waals surface area contributed by atoms with Crippen molar-refractivity contribution in [2.45, 2.75) is 71.8 Å². The van der Waals surface area contributed by atoms with Crippen LogP contribution in [0.2, 0.25) is 0 Å². The number of fused-ring (bicyclic) bond motifs is 5. The van der Waals surface area contributed by atoms with Gasteiger partial charge in [-0.15, -0.1) is 0 Å². The zero-order chi connectivity index (χ0) is 18.9. The number of amides is 1. The van der Waals surface area contributed by atoms with Crippen LogP contribution < -0.4 is 5.73 Å². The predicted molar refractivity (Wildman–Crippen MR) is 99.9 cm³/mol. The molecule has 3 saturated carbocycles. The van der Waals surface area contributed by atoms with E-state index in [4.69, 9.17) is 5.73 Å². The summed E-state index contributed by atoms with van der Waals surface area (Å²) in [7, 11) is 0. The van der Waals surface area contributed by atoms with Gasteiger partial charge in [0.15, 0.2) is 0 Å². The Morgan fingerprint density at radius 3 is 2.58 bits per heavy atom. The molecule has 4 aliphatic rings. The van der Waals surface area contributed by atoms with Gasteiger partial charge in [0.25, 0.3) is 0 Å². The summed E-state index contributed by atoms with van der Waals surface area (Å²) in [5, 5.41) is 10.1. The van der Waals surface area contributed by atoms with Crippen LogP contribution in [0.3, 0.4) is 0 Å². The highest BCUT2D eigenvalue weighted by Gasteiger charge is 2.62. The number of Topliss-reactive ketones (excluding diaryl/α,β-unsaturated/α-hetero) is 1. The van der Waals surface area contributed by atoms with Crippen molar-refractivity contribution in [3.05, 3.63) is 11.6 Å². The summed E-state index contributed by atoms with van der Waals surface area (Å²) in [6.07, 6.45) is 8.90. The average molecular weight is 360 g/mol. The first-order chi connectivity index (χ1) is 12.2. The fourth-order valence-electron chi connectivity index (χ4n) is 7.72. The zero-order valence-corrected chi connectivity index (χ0v) is 16.3. The number of aliphatic hydroxyl groups excluding tert-OH is 1. The number of carbonyl (C=O) groups excluding carboxylic acids is 2. The van der Waals surface area contributed by atoms with Gasteiger partial charge >= 0.3 is 0 Å². The van der Waals surface area contributed by atoms with Crippen LogP contribution in [0.1, 0.15) is 65.7 Å². The molecule has 0 heterocycles. The molecule has 4 rings (SSSR count). The van der Waals surface area contributed by atoms with E-state index in [2.05, 4.69) is 19.9 Å². The van der Waals surface area contributed by atoms with Crippen LogP contribution in [0.25, 0.3) is 0 Å². The quantitative estimate of drug-likeness (QED) is 0.743. The second-order valence-electron chi connectivity index (χ2n) is 10.0. The first-order valence-electron chi connectivity index (χ1n) is 10.4. The molecule has 0 radical (unpaired) electrons. The molecule has 4 aliphatic carbocycles. The van der Waals surface area contributed by atoms with E-state index >= 15 is 0 Å². The summed E-state index contributed by atoms with van der Waals surface area (Å²) in [5.74, 6) is 0.864. The molecule has 0 unspecified atom stereocenters. The van der Waals surface area contributed by atoms with Crippen LogP contribution in [-0.2, 0) is 9.59 Å². The Balaban J connectivity index is 1.70. The smallest absolute Gasteiger partial charge is 0.221 e. The van der Waals surface area contributed by atoms with Gasteiger partial charge in [-0.1, -0.05) is 25.5 Å². The number of hydrogen-bond acceptors (Lipinski definition) is 3. The van der Waals surface area contributed by atoms with Gasteiger partial charge < -0.3 is 10.8 Å². The van der Waals surface area contributed by atoms with Gasteiger partial charge in [0.1, 0.15) is 5.78 Å². The highest BCUT2D eigenvalue weighted by molar-refractivity contribution is 5.88. The highest BCUT2D eigenvalue weighted by atomic mass is 16.3. The number of ketones is 1. The average Bonchev–Trinajstić information content (AvgIpc) is 2.89. The Bertz CT molecular complexity index is 670. The molecule has 8 atom stereocenters. The maximum atomic E-state index is 12.5. The van der Waals surface area contributed by atoms with E-state index in [0.717, 1.165) is 44.9 Å². The molecule has 0 aromatic carbocycles. The number of rotatable bonds is 2. The fraction of sp³-hybridized carbons (Fsp3) is 0.818. The molecular formula is C22H33NO3. The SMILES string of the molecule is CC(=O)[C@H]1[C@H](C(N)=O)C[C@H]2[C@@H]3CC=C4C[C@@H](O)CC[C@]4(C)[C@H]3CC[C@@]21C. The first-order valence-corrected chi connectivity index (χ1v) is 10.4. The topological polar surface area (TPSA) is 80.4 Å².